The highest BCUT2D eigenvalue weighted by molar-refractivity contribution is 9.10. The molecule has 0 saturated heterocycles. The van der Waals surface area contributed by atoms with Crippen molar-refractivity contribution in [3.63, 3.8) is 0 Å². The van der Waals surface area contributed by atoms with E-state index in [2.05, 4.69) is 45.5 Å². The molecule has 2 fully saturated rings. The van der Waals surface area contributed by atoms with Gasteiger partial charge in [-0.3, -0.25) is 0 Å². The van der Waals surface area contributed by atoms with Crippen LogP contribution in [-0.4, -0.2) is 26.8 Å². The van der Waals surface area contributed by atoms with E-state index in [4.69, 9.17) is 4.74 Å². The summed E-state index contributed by atoms with van der Waals surface area (Å²) in [6, 6.07) is 8.69. The normalized spacial score (nSPS) is 31.3. The SMILES string of the molecule is COCCNCC1(Cc2ccccc2Br)CC2CC2C1. The molecule has 3 heteroatoms. The first-order valence-electron chi connectivity index (χ1n) is 7.65. The molecule has 1 aromatic carbocycles. The number of hydrogen-bond acceptors (Lipinski definition) is 2. The van der Waals surface area contributed by atoms with Gasteiger partial charge in [-0.15, -0.1) is 0 Å². The number of ether oxygens (including phenoxy) is 1. The fourth-order valence-corrected chi connectivity index (χ4v) is 4.36. The zero-order valence-electron chi connectivity index (χ0n) is 12.2. The Balaban J connectivity index is 1.65. The Morgan fingerprint density at radius 1 is 1.30 bits per heavy atom. The molecule has 0 bridgehead atoms. The molecule has 3 rings (SSSR count). The minimum Gasteiger partial charge on any atom is -0.383 e. The largest absolute Gasteiger partial charge is 0.383 e. The summed E-state index contributed by atoms with van der Waals surface area (Å²) in [7, 11) is 1.77. The van der Waals surface area contributed by atoms with Crippen molar-refractivity contribution in [3.05, 3.63) is 34.3 Å². The van der Waals surface area contributed by atoms with E-state index in [1.807, 2.05) is 0 Å². The predicted molar refractivity (Wildman–Crippen MR) is 85.9 cm³/mol. The maximum Gasteiger partial charge on any atom is 0.0587 e. The van der Waals surface area contributed by atoms with Crippen molar-refractivity contribution in [2.24, 2.45) is 17.3 Å². The summed E-state index contributed by atoms with van der Waals surface area (Å²) in [5, 5.41) is 3.61. The van der Waals surface area contributed by atoms with Gasteiger partial charge in [0.2, 0.25) is 0 Å². The maximum atomic E-state index is 5.14. The summed E-state index contributed by atoms with van der Waals surface area (Å²) in [5.41, 5.74) is 1.92. The van der Waals surface area contributed by atoms with Gasteiger partial charge in [-0.05, 0) is 54.6 Å². The second-order valence-corrected chi connectivity index (χ2v) is 7.46. The number of hydrogen-bond donors (Lipinski definition) is 1. The molecule has 110 valence electrons. The van der Waals surface area contributed by atoms with Gasteiger partial charge in [-0.25, -0.2) is 0 Å². The Kier molecular flexibility index (Phi) is 4.49. The zero-order chi connectivity index (χ0) is 14.0. The Morgan fingerprint density at radius 2 is 2.05 bits per heavy atom. The average molecular weight is 338 g/mol. The molecule has 2 aliphatic carbocycles. The van der Waals surface area contributed by atoms with Crippen LogP contribution in [-0.2, 0) is 11.2 Å². The summed E-state index contributed by atoms with van der Waals surface area (Å²) < 4.78 is 6.40. The minimum absolute atomic E-state index is 0.463. The fraction of sp³-hybridized carbons (Fsp3) is 0.647. The lowest BCUT2D eigenvalue weighted by Gasteiger charge is -2.32. The fourth-order valence-electron chi connectivity index (χ4n) is 3.93. The van der Waals surface area contributed by atoms with Crippen LogP contribution in [0.4, 0.5) is 0 Å². The van der Waals surface area contributed by atoms with Crippen molar-refractivity contribution < 1.29 is 4.74 Å². The molecule has 20 heavy (non-hydrogen) atoms. The van der Waals surface area contributed by atoms with E-state index in [1.165, 1.54) is 35.7 Å². The van der Waals surface area contributed by atoms with Crippen LogP contribution in [0.3, 0.4) is 0 Å². The van der Waals surface area contributed by atoms with Gasteiger partial charge in [0.05, 0.1) is 6.61 Å². The van der Waals surface area contributed by atoms with Crippen LogP contribution in [0.15, 0.2) is 28.7 Å². The lowest BCUT2D eigenvalue weighted by molar-refractivity contribution is 0.186. The first kappa shape index (κ1) is 14.6. The molecule has 2 atom stereocenters. The van der Waals surface area contributed by atoms with Crippen LogP contribution in [0.25, 0.3) is 0 Å². The van der Waals surface area contributed by atoms with Crippen LogP contribution in [0.5, 0.6) is 0 Å². The molecule has 0 aromatic heterocycles. The first-order chi connectivity index (χ1) is 9.72. The lowest BCUT2D eigenvalue weighted by Crippen LogP contribution is -2.36. The molecular formula is C17H24BrNO. The van der Waals surface area contributed by atoms with Crippen molar-refractivity contribution in [1.82, 2.24) is 5.32 Å². The molecule has 1 N–H and O–H groups in total. The van der Waals surface area contributed by atoms with Crippen LogP contribution in [0.1, 0.15) is 24.8 Å². The van der Waals surface area contributed by atoms with Gasteiger partial charge in [0.1, 0.15) is 0 Å². The van der Waals surface area contributed by atoms with E-state index in [0.717, 1.165) is 31.5 Å². The number of nitrogens with one attached hydrogen (secondary N) is 1. The second-order valence-electron chi connectivity index (χ2n) is 6.60. The third-order valence-electron chi connectivity index (χ3n) is 4.97. The number of benzene rings is 1. The van der Waals surface area contributed by atoms with Crippen molar-refractivity contribution in [3.8, 4) is 0 Å². The number of rotatable bonds is 7. The summed E-state index contributed by atoms with van der Waals surface area (Å²) in [6.07, 6.45) is 5.48. The molecule has 0 spiro atoms. The number of methoxy groups -OCH3 is 1. The summed E-state index contributed by atoms with van der Waals surface area (Å²) >= 11 is 3.71. The van der Waals surface area contributed by atoms with E-state index in [9.17, 15) is 0 Å². The van der Waals surface area contributed by atoms with Gasteiger partial charge in [-0.1, -0.05) is 34.1 Å². The highest BCUT2D eigenvalue weighted by Crippen LogP contribution is 2.60. The smallest absolute Gasteiger partial charge is 0.0587 e. The minimum atomic E-state index is 0.463. The van der Waals surface area contributed by atoms with Crippen LogP contribution >= 0.6 is 15.9 Å². The van der Waals surface area contributed by atoms with E-state index in [0.29, 0.717) is 5.41 Å². The standard InChI is InChI=1S/C17H24BrNO/c1-20-7-6-19-12-17(10-14-8-15(14)11-17)9-13-4-2-3-5-16(13)18/h2-5,14-15,19H,6-12H2,1H3. The summed E-state index contributed by atoms with van der Waals surface area (Å²) in [6.45, 7) is 2.90. The molecule has 0 radical (unpaired) electrons. The van der Waals surface area contributed by atoms with E-state index in [1.54, 1.807) is 7.11 Å². The molecular weight excluding hydrogens is 314 g/mol. The van der Waals surface area contributed by atoms with Crippen LogP contribution in [0.2, 0.25) is 0 Å². The molecule has 0 aliphatic heterocycles. The lowest BCUT2D eigenvalue weighted by atomic mass is 9.77. The molecule has 0 amide bonds. The third kappa shape index (κ3) is 3.26. The van der Waals surface area contributed by atoms with Gasteiger partial charge in [0.15, 0.2) is 0 Å². The van der Waals surface area contributed by atoms with E-state index >= 15 is 0 Å². The van der Waals surface area contributed by atoms with Crippen molar-refractivity contribution >= 4 is 15.9 Å². The molecule has 2 nitrogen and oxygen atoms in total. The van der Waals surface area contributed by atoms with Gasteiger partial charge in [0, 0.05) is 24.7 Å². The molecule has 1 aromatic rings. The molecule has 2 aliphatic rings. The number of fused-ring (bicyclic) bond motifs is 1. The first-order valence-corrected chi connectivity index (χ1v) is 8.45. The maximum absolute atomic E-state index is 5.14. The third-order valence-corrected chi connectivity index (χ3v) is 5.74. The molecule has 2 unspecified atom stereocenters. The summed E-state index contributed by atoms with van der Waals surface area (Å²) in [4.78, 5) is 0. The van der Waals surface area contributed by atoms with Crippen molar-refractivity contribution in [2.75, 3.05) is 26.8 Å². The van der Waals surface area contributed by atoms with E-state index in [-0.39, 0.29) is 0 Å². The van der Waals surface area contributed by atoms with Gasteiger partial charge in [0.25, 0.3) is 0 Å². The Bertz CT molecular complexity index is 452. The number of halogens is 1. The van der Waals surface area contributed by atoms with Gasteiger partial charge >= 0.3 is 0 Å². The van der Waals surface area contributed by atoms with Gasteiger partial charge in [-0.2, -0.15) is 0 Å². The second kappa shape index (κ2) is 6.17. The predicted octanol–water partition coefficient (Wildman–Crippen LogP) is 3.64. The Labute approximate surface area is 130 Å². The van der Waals surface area contributed by atoms with Crippen LogP contribution in [0, 0.1) is 17.3 Å². The monoisotopic (exact) mass is 337 g/mol. The Morgan fingerprint density at radius 3 is 2.75 bits per heavy atom. The average Bonchev–Trinajstić information content (AvgIpc) is 3.06. The summed E-state index contributed by atoms with van der Waals surface area (Å²) in [5.74, 6) is 2.03. The highest BCUT2D eigenvalue weighted by Gasteiger charge is 2.53. The van der Waals surface area contributed by atoms with Crippen molar-refractivity contribution in [1.29, 1.82) is 0 Å². The van der Waals surface area contributed by atoms with Crippen molar-refractivity contribution in [2.45, 2.75) is 25.7 Å². The topological polar surface area (TPSA) is 21.3 Å². The van der Waals surface area contributed by atoms with E-state index < -0.39 is 0 Å². The van der Waals surface area contributed by atoms with Crippen LogP contribution < -0.4 is 5.32 Å². The van der Waals surface area contributed by atoms with Gasteiger partial charge < -0.3 is 10.1 Å². The quantitative estimate of drug-likeness (QED) is 0.767. The molecule has 0 heterocycles. The highest BCUT2D eigenvalue weighted by atomic mass is 79.9. The zero-order valence-corrected chi connectivity index (χ0v) is 13.8. The molecule has 2 saturated carbocycles. The Hall–Kier alpha value is -0.380.